The van der Waals surface area contributed by atoms with E-state index in [9.17, 15) is 0 Å². The van der Waals surface area contributed by atoms with Crippen LogP contribution in [0.3, 0.4) is 0 Å². The summed E-state index contributed by atoms with van der Waals surface area (Å²) in [5, 5.41) is 0. The SMILES string of the molecule is CCCN(CCN(C)C)C1(CN)CCOCC1. The second-order valence-electron chi connectivity index (χ2n) is 5.33. The molecule has 1 aliphatic heterocycles. The van der Waals surface area contributed by atoms with Gasteiger partial charge in [0.15, 0.2) is 0 Å². The van der Waals surface area contributed by atoms with Crippen LogP contribution in [-0.4, -0.2) is 68.8 Å². The fourth-order valence-electron chi connectivity index (χ4n) is 2.58. The van der Waals surface area contributed by atoms with Gasteiger partial charge >= 0.3 is 0 Å². The number of nitrogens with two attached hydrogens (primary N) is 1. The van der Waals surface area contributed by atoms with E-state index in [1.54, 1.807) is 0 Å². The van der Waals surface area contributed by atoms with Crippen molar-refractivity contribution in [1.82, 2.24) is 9.80 Å². The lowest BCUT2D eigenvalue weighted by Crippen LogP contribution is -2.58. The smallest absolute Gasteiger partial charge is 0.0484 e. The number of hydrogen-bond acceptors (Lipinski definition) is 4. The summed E-state index contributed by atoms with van der Waals surface area (Å²) in [5.41, 5.74) is 6.25. The van der Waals surface area contributed by atoms with Crippen molar-refractivity contribution in [3.8, 4) is 0 Å². The van der Waals surface area contributed by atoms with E-state index in [2.05, 4.69) is 30.8 Å². The van der Waals surface area contributed by atoms with Crippen molar-refractivity contribution in [2.24, 2.45) is 5.73 Å². The molecule has 2 N–H and O–H groups in total. The Balaban J connectivity index is 2.63. The van der Waals surface area contributed by atoms with Crippen LogP contribution < -0.4 is 5.73 Å². The van der Waals surface area contributed by atoms with E-state index in [0.717, 1.165) is 52.2 Å². The summed E-state index contributed by atoms with van der Waals surface area (Å²) < 4.78 is 5.49. The van der Waals surface area contributed by atoms with Gasteiger partial charge in [-0.15, -0.1) is 0 Å². The Morgan fingerprint density at radius 1 is 1.12 bits per heavy atom. The molecule has 0 aliphatic carbocycles. The van der Waals surface area contributed by atoms with Gasteiger partial charge in [-0.25, -0.2) is 0 Å². The number of ether oxygens (including phenoxy) is 1. The predicted octanol–water partition coefficient (Wildman–Crippen LogP) is 0.768. The summed E-state index contributed by atoms with van der Waals surface area (Å²) >= 11 is 0. The molecule has 0 bridgehead atoms. The number of rotatable bonds is 7. The first-order valence-electron chi connectivity index (χ1n) is 6.82. The van der Waals surface area contributed by atoms with Crippen molar-refractivity contribution in [3.05, 3.63) is 0 Å². The molecular formula is C13H29N3O. The lowest BCUT2D eigenvalue weighted by molar-refractivity contribution is -0.0261. The molecule has 4 heteroatoms. The van der Waals surface area contributed by atoms with Crippen LogP contribution >= 0.6 is 0 Å². The normalized spacial score (nSPS) is 20.1. The Morgan fingerprint density at radius 2 is 1.76 bits per heavy atom. The van der Waals surface area contributed by atoms with Gasteiger partial charge in [-0.05, 0) is 39.9 Å². The second kappa shape index (κ2) is 7.31. The van der Waals surface area contributed by atoms with Gasteiger partial charge in [0.1, 0.15) is 0 Å². The molecule has 0 aromatic heterocycles. The van der Waals surface area contributed by atoms with Crippen molar-refractivity contribution in [3.63, 3.8) is 0 Å². The maximum Gasteiger partial charge on any atom is 0.0484 e. The topological polar surface area (TPSA) is 41.7 Å². The van der Waals surface area contributed by atoms with E-state index in [-0.39, 0.29) is 5.54 Å². The number of nitrogens with zero attached hydrogens (tertiary/aromatic N) is 2. The van der Waals surface area contributed by atoms with Gasteiger partial charge in [-0.3, -0.25) is 4.90 Å². The van der Waals surface area contributed by atoms with Crippen LogP contribution in [0, 0.1) is 0 Å². The summed E-state index contributed by atoms with van der Waals surface area (Å²) in [6.07, 6.45) is 3.35. The molecule has 17 heavy (non-hydrogen) atoms. The molecule has 1 heterocycles. The highest BCUT2D eigenvalue weighted by molar-refractivity contribution is 4.93. The zero-order chi connectivity index (χ0) is 12.7. The molecule has 1 aliphatic rings. The summed E-state index contributed by atoms with van der Waals surface area (Å²) in [6, 6.07) is 0. The number of hydrogen-bond donors (Lipinski definition) is 1. The summed E-state index contributed by atoms with van der Waals surface area (Å²) in [4.78, 5) is 4.84. The molecule has 0 spiro atoms. The van der Waals surface area contributed by atoms with E-state index in [1.807, 2.05) is 0 Å². The van der Waals surface area contributed by atoms with Crippen LogP contribution in [0.2, 0.25) is 0 Å². The van der Waals surface area contributed by atoms with E-state index in [1.165, 1.54) is 6.42 Å². The lowest BCUT2D eigenvalue weighted by Gasteiger charge is -2.46. The van der Waals surface area contributed by atoms with Crippen LogP contribution in [0.5, 0.6) is 0 Å². The average Bonchev–Trinajstić information content (AvgIpc) is 2.35. The lowest BCUT2D eigenvalue weighted by atomic mass is 9.87. The van der Waals surface area contributed by atoms with Crippen molar-refractivity contribution >= 4 is 0 Å². The molecule has 4 nitrogen and oxygen atoms in total. The minimum atomic E-state index is 0.185. The van der Waals surface area contributed by atoms with Crippen LogP contribution in [0.4, 0.5) is 0 Å². The maximum atomic E-state index is 6.06. The van der Waals surface area contributed by atoms with Gasteiger partial charge in [0.25, 0.3) is 0 Å². The fourth-order valence-corrected chi connectivity index (χ4v) is 2.58. The molecule has 0 aromatic carbocycles. The van der Waals surface area contributed by atoms with Gasteiger partial charge in [0, 0.05) is 38.4 Å². The largest absolute Gasteiger partial charge is 0.381 e. The van der Waals surface area contributed by atoms with Crippen molar-refractivity contribution in [1.29, 1.82) is 0 Å². The first-order chi connectivity index (χ1) is 8.14. The van der Waals surface area contributed by atoms with E-state index in [4.69, 9.17) is 10.5 Å². The molecule has 0 aromatic rings. The summed E-state index contributed by atoms with van der Waals surface area (Å²) in [6.45, 7) is 8.07. The Morgan fingerprint density at radius 3 is 2.24 bits per heavy atom. The van der Waals surface area contributed by atoms with Gasteiger partial charge in [-0.2, -0.15) is 0 Å². The van der Waals surface area contributed by atoms with E-state index in [0.29, 0.717) is 0 Å². The third kappa shape index (κ3) is 4.21. The van der Waals surface area contributed by atoms with Gasteiger partial charge in [0.2, 0.25) is 0 Å². The molecule has 0 saturated carbocycles. The van der Waals surface area contributed by atoms with Crippen molar-refractivity contribution in [2.75, 3.05) is 53.5 Å². The standard InChI is InChI=1S/C13H29N3O/c1-4-7-16(9-8-15(2)3)13(12-14)5-10-17-11-6-13/h4-12,14H2,1-3H3. The Labute approximate surface area is 106 Å². The molecule has 0 atom stereocenters. The monoisotopic (exact) mass is 243 g/mol. The molecule has 0 radical (unpaired) electrons. The zero-order valence-corrected chi connectivity index (χ0v) is 11.7. The molecule has 0 amide bonds. The minimum Gasteiger partial charge on any atom is -0.381 e. The minimum absolute atomic E-state index is 0.185. The highest BCUT2D eigenvalue weighted by Gasteiger charge is 2.36. The van der Waals surface area contributed by atoms with E-state index < -0.39 is 0 Å². The van der Waals surface area contributed by atoms with E-state index >= 15 is 0 Å². The van der Waals surface area contributed by atoms with Crippen LogP contribution in [0.25, 0.3) is 0 Å². The van der Waals surface area contributed by atoms with Crippen LogP contribution in [-0.2, 0) is 4.74 Å². The summed E-state index contributed by atoms with van der Waals surface area (Å²) in [5.74, 6) is 0. The van der Waals surface area contributed by atoms with Crippen LogP contribution in [0.15, 0.2) is 0 Å². The second-order valence-corrected chi connectivity index (χ2v) is 5.33. The molecule has 102 valence electrons. The van der Waals surface area contributed by atoms with Crippen molar-refractivity contribution < 1.29 is 4.74 Å². The Kier molecular flexibility index (Phi) is 6.41. The molecule has 1 saturated heterocycles. The molecular weight excluding hydrogens is 214 g/mol. The molecule has 1 rings (SSSR count). The first kappa shape index (κ1) is 14.9. The van der Waals surface area contributed by atoms with Crippen LogP contribution in [0.1, 0.15) is 26.2 Å². The average molecular weight is 243 g/mol. The van der Waals surface area contributed by atoms with Gasteiger partial charge in [0.05, 0.1) is 0 Å². The third-order valence-corrected chi connectivity index (χ3v) is 3.78. The van der Waals surface area contributed by atoms with Gasteiger partial charge < -0.3 is 15.4 Å². The summed E-state index contributed by atoms with van der Waals surface area (Å²) in [7, 11) is 4.26. The Hall–Kier alpha value is -0.160. The predicted molar refractivity (Wildman–Crippen MR) is 72.3 cm³/mol. The Bertz CT molecular complexity index is 203. The quantitative estimate of drug-likeness (QED) is 0.717. The third-order valence-electron chi connectivity index (χ3n) is 3.78. The zero-order valence-electron chi connectivity index (χ0n) is 11.7. The molecule has 1 fully saturated rings. The first-order valence-corrected chi connectivity index (χ1v) is 6.82. The number of likely N-dealkylation sites (N-methyl/N-ethyl adjacent to an activating group) is 1. The van der Waals surface area contributed by atoms with Crippen molar-refractivity contribution in [2.45, 2.75) is 31.7 Å². The fraction of sp³-hybridized carbons (Fsp3) is 1.00. The van der Waals surface area contributed by atoms with Gasteiger partial charge in [-0.1, -0.05) is 6.92 Å². The highest BCUT2D eigenvalue weighted by atomic mass is 16.5. The molecule has 0 unspecified atom stereocenters. The maximum absolute atomic E-state index is 6.06. The highest BCUT2D eigenvalue weighted by Crippen LogP contribution is 2.27.